The highest BCUT2D eigenvalue weighted by Gasteiger charge is 2.13. The van der Waals surface area contributed by atoms with Crippen molar-refractivity contribution in [3.8, 4) is 0 Å². The van der Waals surface area contributed by atoms with Crippen LogP contribution in [-0.4, -0.2) is 13.1 Å². The molecule has 2 aromatic carbocycles. The van der Waals surface area contributed by atoms with Crippen LogP contribution in [0.1, 0.15) is 15.9 Å². The van der Waals surface area contributed by atoms with Gasteiger partial charge in [-0.2, -0.15) is 0 Å². The molecule has 0 radical (unpaired) electrons. The number of halogens is 1. The maximum Gasteiger partial charge on any atom is 0.340 e. The molecule has 0 atom stereocenters. The molecule has 3 N–H and O–H groups in total. The first kappa shape index (κ1) is 14.4. The van der Waals surface area contributed by atoms with Crippen LogP contribution in [-0.2, 0) is 11.3 Å². The Labute approximate surface area is 126 Å². The molecule has 0 heterocycles. The fraction of sp³-hybridized carbons (Fsp3) is 0.133. The number of esters is 1. The molecule has 0 aromatic heterocycles. The van der Waals surface area contributed by atoms with E-state index in [4.69, 9.17) is 10.5 Å². The summed E-state index contributed by atoms with van der Waals surface area (Å²) in [6, 6.07) is 13.1. The Hall–Kier alpha value is -2.01. The van der Waals surface area contributed by atoms with E-state index < -0.39 is 5.97 Å². The van der Waals surface area contributed by atoms with Gasteiger partial charge in [-0.1, -0.05) is 34.1 Å². The Bertz CT molecular complexity index is 612. The second-order valence-corrected chi connectivity index (χ2v) is 5.16. The summed E-state index contributed by atoms with van der Waals surface area (Å²) in [5, 5.41) is 3.19. The third kappa shape index (κ3) is 3.30. The maximum atomic E-state index is 11.7. The molecule has 20 heavy (non-hydrogen) atoms. The van der Waals surface area contributed by atoms with Gasteiger partial charge in [0.15, 0.2) is 0 Å². The van der Waals surface area contributed by atoms with Gasteiger partial charge in [0, 0.05) is 11.0 Å². The molecule has 0 spiro atoms. The van der Waals surface area contributed by atoms with E-state index in [1.165, 1.54) is 7.11 Å². The fourth-order valence-corrected chi connectivity index (χ4v) is 2.10. The zero-order chi connectivity index (χ0) is 14.5. The first-order chi connectivity index (χ1) is 9.61. The molecule has 5 heteroatoms. The summed E-state index contributed by atoms with van der Waals surface area (Å²) >= 11 is 3.39. The minimum atomic E-state index is -0.407. The molecule has 0 fully saturated rings. The highest BCUT2D eigenvalue weighted by atomic mass is 79.9. The predicted octanol–water partition coefficient (Wildman–Crippen LogP) is 3.43. The van der Waals surface area contributed by atoms with Crippen LogP contribution in [0.5, 0.6) is 0 Å². The number of nitrogen functional groups attached to an aromatic ring is 1. The van der Waals surface area contributed by atoms with Crippen LogP contribution in [0.25, 0.3) is 0 Å². The Morgan fingerprint density at radius 3 is 2.60 bits per heavy atom. The van der Waals surface area contributed by atoms with E-state index in [0.29, 0.717) is 23.5 Å². The summed E-state index contributed by atoms with van der Waals surface area (Å²) < 4.78 is 5.78. The minimum absolute atomic E-state index is 0.407. The van der Waals surface area contributed by atoms with Gasteiger partial charge in [0.1, 0.15) is 0 Å². The number of nitrogens with two attached hydrogens (primary N) is 1. The van der Waals surface area contributed by atoms with Gasteiger partial charge in [-0.25, -0.2) is 4.79 Å². The van der Waals surface area contributed by atoms with Gasteiger partial charge in [0.25, 0.3) is 0 Å². The van der Waals surface area contributed by atoms with Gasteiger partial charge in [-0.05, 0) is 29.8 Å². The summed E-state index contributed by atoms with van der Waals surface area (Å²) in [5.41, 5.74) is 8.57. The van der Waals surface area contributed by atoms with Gasteiger partial charge in [0.05, 0.1) is 24.0 Å². The monoisotopic (exact) mass is 334 g/mol. The molecule has 0 saturated heterocycles. The molecule has 4 nitrogen and oxygen atoms in total. The first-order valence-electron chi connectivity index (χ1n) is 6.07. The number of carbonyl (C=O) groups is 1. The SMILES string of the molecule is COC(=O)c1cccc(N)c1NCc1ccc(Br)cc1. The largest absolute Gasteiger partial charge is 0.465 e. The number of hydrogen-bond acceptors (Lipinski definition) is 4. The Morgan fingerprint density at radius 1 is 1.25 bits per heavy atom. The number of methoxy groups -OCH3 is 1. The van der Waals surface area contributed by atoms with E-state index in [-0.39, 0.29) is 0 Å². The lowest BCUT2D eigenvalue weighted by Crippen LogP contribution is -2.10. The van der Waals surface area contributed by atoms with Gasteiger partial charge < -0.3 is 15.8 Å². The molecule has 0 aliphatic rings. The number of nitrogens with one attached hydrogen (secondary N) is 1. The van der Waals surface area contributed by atoms with Crippen LogP contribution < -0.4 is 11.1 Å². The molecule has 104 valence electrons. The molecule has 2 aromatic rings. The lowest BCUT2D eigenvalue weighted by atomic mass is 10.1. The van der Waals surface area contributed by atoms with Crippen LogP contribution in [0, 0.1) is 0 Å². The van der Waals surface area contributed by atoms with E-state index in [9.17, 15) is 4.79 Å². The van der Waals surface area contributed by atoms with Gasteiger partial charge in [0.2, 0.25) is 0 Å². The van der Waals surface area contributed by atoms with Crippen LogP contribution in [0.2, 0.25) is 0 Å². The molecule has 0 unspecified atom stereocenters. The second kappa shape index (κ2) is 6.43. The smallest absolute Gasteiger partial charge is 0.340 e. The van der Waals surface area contributed by atoms with Crippen LogP contribution >= 0.6 is 15.9 Å². The zero-order valence-electron chi connectivity index (χ0n) is 11.0. The van der Waals surface area contributed by atoms with Crippen molar-refractivity contribution >= 4 is 33.3 Å². The number of hydrogen-bond donors (Lipinski definition) is 2. The average molecular weight is 335 g/mol. The number of benzene rings is 2. The van der Waals surface area contributed by atoms with Crippen LogP contribution in [0.15, 0.2) is 46.9 Å². The Balaban J connectivity index is 2.20. The quantitative estimate of drug-likeness (QED) is 0.664. The standard InChI is InChI=1S/C15H15BrN2O2/c1-20-15(19)12-3-2-4-13(17)14(12)18-9-10-5-7-11(16)8-6-10/h2-8,18H,9,17H2,1H3. The molecule has 2 rings (SSSR count). The van der Waals surface area contributed by atoms with Crippen molar-refractivity contribution in [3.05, 3.63) is 58.1 Å². The van der Waals surface area contributed by atoms with Crippen molar-refractivity contribution in [2.45, 2.75) is 6.54 Å². The zero-order valence-corrected chi connectivity index (χ0v) is 12.6. The van der Waals surface area contributed by atoms with Gasteiger partial charge >= 0.3 is 5.97 Å². The Morgan fingerprint density at radius 2 is 1.95 bits per heavy atom. The van der Waals surface area contributed by atoms with Gasteiger partial charge in [-0.15, -0.1) is 0 Å². The van der Waals surface area contributed by atoms with E-state index in [1.54, 1.807) is 18.2 Å². The van der Waals surface area contributed by atoms with E-state index >= 15 is 0 Å². The third-order valence-electron chi connectivity index (χ3n) is 2.88. The molecular formula is C15H15BrN2O2. The molecule has 0 amide bonds. The summed E-state index contributed by atoms with van der Waals surface area (Å²) in [6.45, 7) is 0.575. The molecule has 0 saturated carbocycles. The first-order valence-corrected chi connectivity index (χ1v) is 6.86. The molecular weight excluding hydrogens is 320 g/mol. The van der Waals surface area contributed by atoms with Crippen LogP contribution in [0.3, 0.4) is 0 Å². The highest BCUT2D eigenvalue weighted by molar-refractivity contribution is 9.10. The second-order valence-electron chi connectivity index (χ2n) is 4.24. The van der Waals surface area contributed by atoms with Crippen molar-refractivity contribution < 1.29 is 9.53 Å². The van der Waals surface area contributed by atoms with Crippen LogP contribution in [0.4, 0.5) is 11.4 Å². The molecule has 0 aliphatic carbocycles. The number of rotatable bonds is 4. The summed E-state index contributed by atoms with van der Waals surface area (Å²) in [6.07, 6.45) is 0. The normalized spacial score (nSPS) is 10.1. The lowest BCUT2D eigenvalue weighted by molar-refractivity contribution is 0.0602. The van der Waals surface area contributed by atoms with Crippen molar-refractivity contribution in [1.29, 1.82) is 0 Å². The molecule has 0 aliphatic heterocycles. The van der Waals surface area contributed by atoms with E-state index in [2.05, 4.69) is 21.2 Å². The minimum Gasteiger partial charge on any atom is -0.465 e. The van der Waals surface area contributed by atoms with Gasteiger partial charge in [-0.3, -0.25) is 0 Å². The number of ether oxygens (including phenoxy) is 1. The van der Waals surface area contributed by atoms with Crippen molar-refractivity contribution in [3.63, 3.8) is 0 Å². The van der Waals surface area contributed by atoms with E-state index in [0.717, 1.165) is 10.0 Å². The number of anilines is 2. The highest BCUT2D eigenvalue weighted by Crippen LogP contribution is 2.25. The van der Waals surface area contributed by atoms with Crippen molar-refractivity contribution in [1.82, 2.24) is 0 Å². The van der Waals surface area contributed by atoms with Crippen molar-refractivity contribution in [2.75, 3.05) is 18.2 Å². The molecule has 0 bridgehead atoms. The Kier molecular flexibility index (Phi) is 4.63. The topological polar surface area (TPSA) is 64.3 Å². The lowest BCUT2D eigenvalue weighted by Gasteiger charge is -2.13. The fourth-order valence-electron chi connectivity index (χ4n) is 1.84. The summed E-state index contributed by atoms with van der Waals surface area (Å²) in [5.74, 6) is -0.407. The number of para-hydroxylation sites is 1. The van der Waals surface area contributed by atoms with Crippen molar-refractivity contribution in [2.24, 2.45) is 0 Å². The summed E-state index contributed by atoms with van der Waals surface area (Å²) in [7, 11) is 1.35. The summed E-state index contributed by atoms with van der Waals surface area (Å²) in [4.78, 5) is 11.7. The van der Waals surface area contributed by atoms with E-state index in [1.807, 2.05) is 24.3 Å². The maximum absolute atomic E-state index is 11.7. The third-order valence-corrected chi connectivity index (χ3v) is 3.41. The number of carbonyl (C=O) groups excluding carboxylic acids is 1. The average Bonchev–Trinajstić information content (AvgIpc) is 2.46. The predicted molar refractivity (Wildman–Crippen MR) is 83.7 cm³/mol.